The molecule has 96 valence electrons. The second kappa shape index (κ2) is 5.64. The summed E-state index contributed by atoms with van der Waals surface area (Å²) in [6, 6.07) is 5.61. The Labute approximate surface area is 106 Å². The van der Waals surface area contributed by atoms with Gasteiger partial charge in [0, 0.05) is 17.9 Å². The number of anilines is 1. The number of aromatic nitrogens is 2. The average Bonchev–Trinajstić information content (AvgIpc) is 2.81. The fourth-order valence-corrected chi connectivity index (χ4v) is 1.60. The van der Waals surface area contributed by atoms with Crippen molar-refractivity contribution in [3.63, 3.8) is 0 Å². The number of ether oxygens (including phenoxy) is 1. The average molecular weight is 247 g/mol. The first kappa shape index (κ1) is 12.6. The van der Waals surface area contributed by atoms with Crippen molar-refractivity contribution in [3.05, 3.63) is 29.6 Å². The number of benzene rings is 1. The zero-order chi connectivity index (χ0) is 13.0. The van der Waals surface area contributed by atoms with Crippen LogP contribution in [0.4, 0.5) is 5.69 Å². The van der Waals surface area contributed by atoms with Gasteiger partial charge in [-0.1, -0.05) is 18.1 Å². The molecule has 0 saturated heterocycles. The van der Waals surface area contributed by atoms with Crippen LogP contribution < -0.4 is 5.73 Å². The van der Waals surface area contributed by atoms with Crippen molar-refractivity contribution in [2.45, 2.75) is 26.9 Å². The van der Waals surface area contributed by atoms with E-state index in [-0.39, 0.29) is 0 Å². The molecule has 0 aliphatic carbocycles. The molecule has 5 nitrogen and oxygen atoms in total. The molecule has 2 aromatic rings. The number of rotatable bonds is 5. The Hall–Kier alpha value is -1.88. The summed E-state index contributed by atoms with van der Waals surface area (Å²) >= 11 is 0. The number of nitrogens with two attached hydrogens (primary N) is 1. The van der Waals surface area contributed by atoms with Crippen LogP contribution in [0.15, 0.2) is 22.7 Å². The standard InChI is InChI=1S/C13H17N3O2/c1-3-6-17-8-12-15-13(18-16-12)11-7-10(14)5-4-9(11)2/h4-5,7H,3,6,8,14H2,1-2H3. The van der Waals surface area contributed by atoms with E-state index in [1.165, 1.54) is 0 Å². The van der Waals surface area contributed by atoms with E-state index in [1.807, 2.05) is 25.1 Å². The maximum atomic E-state index is 5.76. The van der Waals surface area contributed by atoms with Crippen LogP contribution in [0.3, 0.4) is 0 Å². The second-order valence-corrected chi connectivity index (χ2v) is 4.14. The quantitative estimate of drug-likeness (QED) is 0.649. The lowest BCUT2D eigenvalue weighted by Gasteiger charge is -2.01. The van der Waals surface area contributed by atoms with Crippen LogP contribution in [0.1, 0.15) is 24.7 Å². The summed E-state index contributed by atoms with van der Waals surface area (Å²) in [5, 5.41) is 3.88. The summed E-state index contributed by atoms with van der Waals surface area (Å²) in [5.74, 6) is 1.04. The summed E-state index contributed by atoms with van der Waals surface area (Å²) in [5.41, 5.74) is 8.35. The maximum absolute atomic E-state index is 5.76. The normalized spacial score (nSPS) is 10.8. The van der Waals surface area contributed by atoms with Crippen LogP contribution in [-0.4, -0.2) is 16.7 Å². The molecule has 0 fully saturated rings. The molecule has 1 aromatic carbocycles. The maximum Gasteiger partial charge on any atom is 0.258 e. The van der Waals surface area contributed by atoms with Crippen LogP contribution in [-0.2, 0) is 11.3 Å². The second-order valence-electron chi connectivity index (χ2n) is 4.14. The predicted octanol–water partition coefficient (Wildman–Crippen LogP) is 2.55. The molecule has 0 unspecified atom stereocenters. The minimum absolute atomic E-state index is 0.374. The van der Waals surface area contributed by atoms with Crippen molar-refractivity contribution >= 4 is 5.69 Å². The first-order valence-corrected chi connectivity index (χ1v) is 5.97. The van der Waals surface area contributed by atoms with E-state index in [2.05, 4.69) is 17.1 Å². The Balaban J connectivity index is 2.16. The lowest BCUT2D eigenvalue weighted by Crippen LogP contribution is -1.96. The van der Waals surface area contributed by atoms with Crippen LogP contribution in [0.25, 0.3) is 11.5 Å². The zero-order valence-corrected chi connectivity index (χ0v) is 10.6. The lowest BCUT2D eigenvalue weighted by molar-refractivity contribution is 0.114. The van der Waals surface area contributed by atoms with Gasteiger partial charge in [0.05, 0.1) is 0 Å². The summed E-state index contributed by atoms with van der Waals surface area (Å²) < 4.78 is 10.6. The highest BCUT2D eigenvalue weighted by atomic mass is 16.5. The van der Waals surface area contributed by atoms with Gasteiger partial charge in [-0.25, -0.2) is 0 Å². The molecule has 0 bridgehead atoms. The number of aryl methyl sites for hydroxylation is 1. The monoisotopic (exact) mass is 247 g/mol. The van der Waals surface area contributed by atoms with E-state index in [1.54, 1.807) is 0 Å². The van der Waals surface area contributed by atoms with Crippen molar-refractivity contribution < 1.29 is 9.26 Å². The smallest absolute Gasteiger partial charge is 0.258 e. The number of hydrogen-bond acceptors (Lipinski definition) is 5. The van der Waals surface area contributed by atoms with E-state index < -0.39 is 0 Å². The Morgan fingerprint density at radius 1 is 1.39 bits per heavy atom. The summed E-state index contributed by atoms with van der Waals surface area (Å²) in [6.07, 6.45) is 0.971. The minimum atomic E-state index is 0.374. The molecular formula is C13H17N3O2. The van der Waals surface area contributed by atoms with Crippen molar-refractivity contribution in [3.8, 4) is 11.5 Å². The first-order chi connectivity index (χ1) is 8.70. The summed E-state index contributed by atoms with van der Waals surface area (Å²) in [6.45, 7) is 5.10. The molecule has 0 aliphatic rings. The van der Waals surface area contributed by atoms with Crippen molar-refractivity contribution in [1.82, 2.24) is 10.1 Å². The van der Waals surface area contributed by atoms with E-state index in [0.29, 0.717) is 30.6 Å². The van der Waals surface area contributed by atoms with E-state index in [4.69, 9.17) is 15.0 Å². The molecule has 2 rings (SSSR count). The van der Waals surface area contributed by atoms with Gasteiger partial charge in [-0.15, -0.1) is 0 Å². The SMILES string of the molecule is CCCOCc1noc(-c2cc(N)ccc2C)n1. The van der Waals surface area contributed by atoms with Gasteiger partial charge in [0.25, 0.3) is 5.89 Å². The van der Waals surface area contributed by atoms with Gasteiger partial charge >= 0.3 is 0 Å². The van der Waals surface area contributed by atoms with Crippen LogP contribution in [0, 0.1) is 6.92 Å². The molecule has 5 heteroatoms. The minimum Gasteiger partial charge on any atom is -0.399 e. The van der Waals surface area contributed by atoms with Gasteiger partial charge in [0.15, 0.2) is 5.82 Å². The van der Waals surface area contributed by atoms with Gasteiger partial charge in [0.1, 0.15) is 6.61 Å². The van der Waals surface area contributed by atoms with Gasteiger partial charge in [-0.3, -0.25) is 0 Å². The molecule has 0 atom stereocenters. The highest BCUT2D eigenvalue weighted by molar-refractivity contribution is 5.63. The Morgan fingerprint density at radius 2 is 2.22 bits per heavy atom. The van der Waals surface area contributed by atoms with Crippen LogP contribution in [0.2, 0.25) is 0 Å². The molecule has 1 aromatic heterocycles. The highest BCUT2D eigenvalue weighted by Crippen LogP contribution is 2.23. The predicted molar refractivity (Wildman–Crippen MR) is 68.8 cm³/mol. The topological polar surface area (TPSA) is 74.2 Å². The van der Waals surface area contributed by atoms with Gasteiger partial charge < -0.3 is 15.0 Å². The van der Waals surface area contributed by atoms with Crippen LogP contribution >= 0.6 is 0 Å². The van der Waals surface area contributed by atoms with Gasteiger partial charge in [-0.2, -0.15) is 4.98 Å². The molecule has 0 saturated carbocycles. The third kappa shape index (κ3) is 2.87. The molecule has 1 heterocycles. The fourth-order valence-electron chi connectivity index (χ4n) is 1.60. The number of hydrogen-bond donors (Lipinski definition) is 1. The van der Waals surface area contributed by atoms with Crippen molar-refractivity contribution in [2.24, 2.45) is 0 Å². The molecular weight excluding hydrogens is 230 g/mol. The lowest BCUT2D eigenvalue weighted by atomic mass is 10.1. The van der Waals surface area contributed by atoms with E-state index >= 15 is 0 Å². The molecule has 18 heavy (non-hydrogen) atoms. The molecule has 0 amide bonds. The largest absolute Gasteiger partial charge is 0.399 e. The molecule has 2 N–H and O–H groups in total. The first-order valence-electron chi connectivity index (χ1n) is 5.97. The number of nitrogens with zero attached hydrogens (tertiary/aromatic N) is 2. The third-order valence-electron chi connectivity index (χ3n) is 2.54. The molecule has 0 aliphatic heterocycles. The Kier molecular flexibility index (Phi) is 3.94. The fraction of sp³-hybridized carbons (Fsp3) is 0.385. The van der Waals surface area contributed by atoms with Crippen molar-refractivity contribution in [1.29, 1.82) is 0 Å². The molecule has 0 spiro atoms. The number of nitrogen functional groups attached to an aromatic ring is 1. The Morgan fingerprint density at radius 3 is 3.00 bits per heavy atom. The summed E-state index contributed by atoms with van der Waals surface area (Å²) in [7, 11) is 0. The van der Waals surface area contributed by atoms with Gasteiger partial charge in [0.2, 0.25) is 0 Å². The zero-order valence-electron chi connectivity index (χ0n) is 10.6. The van der Waals surface area contributed by atoms with E-state index in [9.17, 15) is 0 Å². The molecule has 0 radical (unpaired) electrons. The van der Waals surface area contributed by atoms with Gasteiger partial charge in [-0.05, 0) is 31.0 Å². The Bertz CT molecular complexity index is 523. The van der Waals surface area contributed by atoms with Crippen molar-refractivity contribution in [2.75, 3.05) is 12.3 Å². The van der Waals surface area contributed by atoms with E-state index in [0.717, 1.165) is 17.5 Å². The highest BCUT2D eigenvalue weighted by Gasteiger charge is 2.11. The van der Waals surface area contributed by atoms with Crippen LogP contribution in [0.5, 0.6) is 0 Å². The third-order valence-corrected chi connectivity index (χ3v) is 2.54. The summed E-state index contributed by atoms with van der Waals surface area (Å²) in [4.78, 5) is 4.30.